The first-order valence-corrected chi connectivity index (χ1v) is 14.9. The van der Waals surface area contributed by atoms with E-state index in [0.29, 0.717) is 26.9 Å². The second kappa shape index (κ2) is 14.1. The largest absolute Gasteiger partial charge is 0.325 e. The normalized spacial score (nSPS) is 11.2. The highest BCUT2D eigenvalue weighted by atomic mass is 35.5. The van der Waals surface area contributed by atoms with Crippen LogP contribution in [-0.2, 0) is 9.59 Å². The first-order valence-electron chi connectivity index (χ1n) is 13.2. The van der Waals surface area contributed by atoms with E-state index in [4.69, 9.17) is 23.2 Å². The molecule has 0 saturated carbocycles. The fourth-order valence-electron chi connectivity index (χ4n) is 4.21. The summed E-state index contributed by atoms with van der Waals surface area (Å²) in [7, 11) is 0. The average molecular weight is 627 g/mol. The predicted octanol–water partition coefficient (Wildman–Crippen LogP) is 8.29. The Bertz CT molecular complexity index is 1820. The predicted molar refractivity (Wildman–Crippen MR) is 177 cm³/mol. The Kier molecular flexibility index (Phi) is 9.79. The van der Waals surface area contributed by atoms with E-state index in [2.05, 4.69) is 16.0 Å². The standard InChI is InChI=1S/C34H25Cl2N3O3S/c35-29-14-7-15-30(36)28(29)20-31(39-33(41)23-9-2-1-3-10-23)34(42)38-25-12-6-13-27(19-25)43-21-32(40)37-26-17-16-22-8-4-5-11-24(22)18-26/h1-20H,21H2,(H,37,40)(H,38,42)(H,39,41)/b31-20+. The number of carbonyl (C=O) groups is 3. The fourth-order valence-corrected chi connectivity index (χ4v) is 5.47. The van der Waals surface area contributed by atoms with E-state index in [1.54, 1.807) is 66.7 Å². The molecule has 3 amide bonds. The first-order chi connectivity index (χ1) is 20.9. The number of thioether (sulfide) groups is 1. The Morgan fingerprint density at radius 1 is 0.674 bits per heavy atom. The van der Waals surface area contributed by atoms with Crippen molar-refractivity contribution in [2.45, 2.75) is 4.90 Å². The van der Waals surface area contributed by atoms with Gasteiger partial charge in [0, 0.05) is 37.4 Å². The molecule has 0 atom stereocenters. The van der Waals surface area contributed by atoms with Gasteiger partial charge in [0.25, 0.3) is 11.8 Å². The lowest BCUT2D eigenvalue weighted by molar-refractivity contribution is -0.114. The third kappa shape index (κ3) is 8.05. The van der Waals surface area contributed by atoms with Gasteiger partial charge in [-0.25, -0.2) is 0 Å². The highest BCUT2D eigenvalue weighted by molar-refractivity contribution is 8.00. The van der Waals surface area contributed by atoms with E-state index in [1.807, 2.05) is 48.5 Å². The van der Waals surface area contributed by atoms with Crippen molar-refractivity contribution < 1.29 is 14.4 Å². The molecule has 0 radical (unpaired) electrons. The molecule has 6 nitrogen and oxygen atoms in total. The molecule has 0 aliphatic heterocycles. The molecule has 0 aliphatic carbocycles. The highest BCUT2D eigenvalue weighted by Crippen LogP contribution is 2.27. The smallest absolute Gasteiger partial charge is 0.272 e. The zero-order chi connectivity index (χ0) is 30.2. The summed E-state index contributed by atoms with van der Waals surface area (Å²) in [4.78, 5) is 39.8. The van der Waals surface area contributed by atoms with Gasteiger partial charge in [0.1, 0.15) is 5.70 Å². The SMILES string of the molecule is O=C(CSc1cccc(NC(=O)/C(=C\c2c(Cl)cccc2Cl)NC(=O)c2ccccc2)c1)Nc1ccc2ccccc2c1. The lowest BCUT2D eigenvalue weighted by Gasteiger charge is -2.13. The molecule has 214 valence electrons. The average Bonchev–Trinajstić information content (AvgIpc) is 3.02. The number of hydrogen-bond donors (Lipinski definition) is 3. The molecule has 5 aromatic carbocycles. The third-order valence-corrected chi connectivity index (χ3v) is 7.97. The fraction of sp³-hybridized carbons (Fsp3) is 0.0294. The molecule has 0 fully saturated rings. The van der Waals surface area contributed by atoms with Crippen LogP contribution in [0.25, 0.3) is 16.8 Å². The van der Waals surface area contributed by atoms with Crippen LogP contribution in [0.4, 0.5) is 11.4 Å². The lowest BCUT2D eigenvalue weighted by atomic mass is 10.1. The monoisotopic (exact) mass is 625 g/mol. The van der Waals surface area contributed by atoms with Gasteiger partial charge >= 0.3 is 0 Å². The third-order valence-electron chi connectivity index (χ3n) is 6.31. The number of carbonyl (C=O) groups excluding carboxylic acids is 3. The molecule has 0 spiro atoms. The van der Waals surface area contributed by atoms with E-state index in [-0.39, 0.29) is 17.4 Å². The number of fused-ring (bicyclic) bond motifs is 1. The minimum Gasteiger partial charge on any atom is -0.325 e. The number of nitrogens with one attached hydrogen (secondary N) is 3. The maximum Gasteiger partial charge on any atom is 0.272 e. The Balaban J connectivity index is 1.28. The second-order valence-corrected chi connectivity index (χ2v) is 11.3. The van der Waals surface area contributed by atoms with Gasteiger partial charge in [-0.3, -0.25) is 14.4 Å². The number of rotatable bonds is 9. The Morgan fingerprint density at radius 2 is 1.35 bits per heavy atom. The van der Waals surface area contributed by atoms with Gasteiger partial charge in [-0.1, -0.05) is 83.9 Å². The van der Waals surface area contributed by atoms with Crippen LogP contribution in [0.2, 0.25) is 10.0 Å². The van der Waals surface area contributed by atoms with E-state index in [1.165, 1.54) is 17.8 Å². The minimum absolute atomic E-state index is 0.0447. The van der Waals surface area contributed by atoms with E-state index in [9.17, 15) is 14.4 Å². The number of hydrogen-bond acceptors (Lipinski definition) is 4. The van der Waals surface area contributed by atoms with Crippen molar-refractivity contribution in [3.05, 3.63) is 142 Å². The van der Waals surface area contributed by atoms with Crippen LogP contribution in [0.1, 0.15) is 15.9 Å². The van der Waals surface area contributed by atoms with Crippen molar-refractivity contribution >= 4 is 80.9 Å². The maximum absolute atomic E-state index is 13.4. The summed E-state index contributed by atoms with van der Waals surface area (Å²) in [5.41, 5.74) is 1.94. The summed E-state index contributed by atoms with van der Waals surface area (Å²) < 4.78 is 0. The Labute approximate surface area is 263 Å². The van der Waals surface area contributed by atoms with Gasteiger partial charge in [0.05, 0.1) is 5.75 Å². The lowest BCUT2D eigenvalue weighted by Crippen LogP contribution is -2.30. The van der Waals surface area contributed by atoms with Crippen LogP contribution in [0.15, 0.2) is 126 Å². The van der Waals surface area contributed by atoms with Crippen LogP contribution >= 0.6 is 35.0 Å². The van der Waals surface area contributed by atoms with E-state index in [0.717, 1.165) is 21.4 Å². The summed E-state index contributed by atoms with van der Waals surface area (Å²) in [5.74, 6) is -1.02. The van der Waals surface area contributed by atoms with Gasteiger partial charge in [-0.05, 0) is 71.4 Å². The van der Waals surface area contributed by atoms with E-state index >= 15 is 0 Å². The molecular formula is C34H25Cl2N3O3S. The number of benzene rings is 5. The second-order valence-electron chi connectivity index (χ2n) is 9.39. The molecule has 5 aromatic rings. The molecular weight excluding hydrogens is 601 g/mol. The minimum atomic E-state index is -0.573. The molecule has 43 heavy (non-hydrogen) atoms. The van der Waals surface area contributed by atoms with Crippen molar-refractivity contribution in [2.75, 3.05) is 16.4 Å². The molecule has 5 rings (SSSR count). The summed E-state index contributed by atoms with van der Waals surface area (Å²) >= 11 is 14.0. The van der Waals surface area contributed by atoms with E-state index < -0.39 is 11.8 Å². The molecule has 0 unspecified atom stereocenters. The van der Waals surface area contributed by atoms with Gasteiger partial charge in [-0.15, -0.1) is 11.8 Å². The van der Waals surface area contributed by atoms with Gasteiger partial charge in [0.2, 0.25) is 5.91 Å². The van der Waals surface area contributed by atoms with Crippen LogP contribution in [0.5, 0.6) is 0 Å². The summed E-state index contributed by atoms with van der Waals surface area (Å²) in [6.07, 6.45) is 1.44. The van der Waals surface area contributed by atoms with Crippen molar-refractivity contribution in [2.24, 2.45) is 0 Å². The van der Waals surface area contributed by atoms with Crippen molar-refractivity contribution in [1.82, 2.24) is 5.32 Å². The molecule has 0 heterocycles. The number of amides is 3. The number of halogens is 2. The summed E-state index contributed by atoms with van der Waals surface area (Å²) in [5, 5.41) is 11.2. The van der Waals surface area contributed by atoms with Crippen LogP contribution in [-0.4, -0.2) is 23.5 Å². The van der Waals surface area contributed by atoms with Crippen molar-refractivity contribution in [3.63, 3.8) is 0 Å². The topological polar surface area (TPSA) is 87.3 Å². The molecule has 0 saturated heterocycles. The highest BCUT2D eigenvalue weighted by Gasteiger charge is 2.17. The van der Waals surface area contributed by atoms with Gasteiger partial charge in [0.15, 0.2) is 0 Å². The van der Waals surface area contributed by atoms with Crippen molar-refractivity contribution in [3.8, 4) is 0 Å². The Hall–Kier alpha value is -4.56. The van der Waals surface area contributed by atoms with Crippen LogP contribution in [0.3, 0.4) is 0 Å². The summed E-state index contributed by atoms with van der Waals surface area (Å²) in [6.45, 7) is 0. The van der Waals surface area contributed by atoms with Gasteiger partial charge < -0.3 is 16.0 Å². The maximum atomic E-state index is 13.4. The molecule has 9 heteroatoms. The molecule has 3 N–H and O–H groups in total. The number of anilines is 2. The molecule has 0 bridgehead atoms. The van der Waals surface area contributed by atoms with Crippen molar-refractivity contribution in [1.29, 1.82) is 0 Å². The molecule has 0 aromatic heterocycles. The first kappa shape index (κ1) is 29.9. The zero-order valence-electron chi connectivity index (χ0n) is 22.6. The molecule has 0 aliphatic rings. The van der Waals surface area contributed by atoms with Crippen LogP contribution in [0, 0.1) is 0 Å². The summed E-state index contributed by atoms with van der Waals surface area (Å²) in [6, 6.07) is 34.3. The zero-order valence-corrected chi connectivity index (χ0v) is 25.0. The Morgan fingerprint density at radius 3 is 2.12 bits per heavy atom. The quantitative estimate of drug-likeness (QED) is 0.114. The van der Waals surface area contributed by atoms with Crippen LogP contribution < -0.4 is 16.0 Å². The van der Waals surface area contributed by atoms with Gasteiger partial charge in [-0.2, -0.15) is 0 Å².